The zero-order chi connectivity index (χ0) is 48.6. The molecule has 0 radical (unpaired) electrons. The lowest BCUT2D eigenvalue weighted by Crippen LogP contribution is -2.30. The minimum absolute atomic E-state index is 0.104. The predicted octanol–water partition coefficient (Wildman–Crippen LogP) is 18.3. The first kappa shape index (κ1) is 63.1. The number of hydrogen-bond acceptors (Lipinski definition) is 6. The van der Waals surface area contributed by atoms with Crippen molar-refractivity contribution in [1.82, 2.24) is 0 Å². The molecule has 0 rings (SSSR count). The lowest BCUT2D eigenvalue weighted by Gasteiger charge is -2.18. The SMILES string of the molecule is CC/C=C\C/C=C\C/C=C\C/C=C\C/C=C\CCCCCC(=O)OCC(COC(=O)CCCCC/C=C\CCCCCCCCC)OC(=O)CCCCCCCC/C=C\C/C=C\C/C=C\CC. The number of allylic oxidation sites excluding steroid dienone is 18. The van der Waals surface area contributed by atoms with Gasteiger partial charge in [0.25, 0.3) is 0 Å². The molecule has 380 valence electrons. The van der Waals surface area contributed by atoms with Crippen LogP contribution in [0.5, 0.6) is 0 Å². The van der Waals surface area contributed by atoms with E-state index >= 15 is 0 Å². The van der Waals surface area contributed by atoms with Crippen LogP contribution in [0.2, 0.25) is 0 Å². The Labute approximate surface area is 412 Å². The summed E-state index contributed by atoms with van der Waals surface area (Å²) >= 11 is 0. The Hall–Kier alpha value is -3.93. The monoisotopic (exact) mass is 929 g/mol. The molecular formula is C61H100O6. The highest BCUT2D eigenvalue weighted by molar-refractivity contribution is 5.71. The maximum Gasteiger partial charge on any atom is 0.306 e. The Balaban J connectivity index is 4.50. The highest BCUT2D eigenvalue weighted by atomic mass is 16.6. The molecule has 0 heterocycles. The van der Waals surface area contributed by atoms with Crippen molar-refractivity contribution in [2.45, 2.75) is 245 Å². The number of rotatable bonds is 48. The third-order valence-corrected chi connectivity index (χ3v) is 11.2. The van der Waals surface area contributed by atoms with Crippen molar-refractivity contribution in [2.24, 2.45) is 0 Å². The van der Waals surface area contributed by atoms with Crippen molar-refractivity contribution in [1.29, 1.82) is 0 Å². The molecule has 0 aliphatic rings. The predicted molar refractivity (Wildman–Crippen MR) is 288 cm³/mol. The van der Waals surface area contributed by atoms with E-state index in [9.17, 15) is 14.4 Å². The molecular weight excluding hydrogens is 829 g/mol. The molecule has 0 bridgehead atoms. The van der Waals surface area contributed by atoms with Gasteiger partial charge in [0, 0.05) is 19.3 Å². The molecule has 0 aromatic carbocycles. The van der Waals surface area contributed by atoms with E-state index in [-0.39, 0.29) is 31.1 Å². The summed E-state index contributed by atoms with van der Waals surface area (Å²) < 4.78 is 16.8. The van der Waals surface area contributed by atoms with Crippen LogP contribution in [-0.4, -0.2) is 37.2 Å². The summed E-state index contributed by atoms with van der Waals surface area (Å²) in [6, 6.07) is 0. The Bertz CT molecular complexity index is 1390. The molecule has 0 N–H and O–H groups in total. The second-order valence-corrected chi connectivity index (χ2v) is 17.7. The Morgan fingerprint density at radius 1 is 0.313 bits per heavy atom. The second-order valence-electron chi connectivity index (χ2n) is 17.7. The molecule has 0 spiro atoms. The van der Waals surface area contributed by atoms with Gasteiger partial charge < -0.3 is 14.2 Å². The fourth-order valence-corrected chi connectivity index (χ4v) is 7.18. The summed E-state index contributed by atoms with van der Waals surface area (Å²) in [6.45, 7) is 6.35. The first-order chi connectivity index (χ1) is 33.0. The third-order valence-electron chi connectivity index (χ3n) is 11.2. The average Bonchev–Trinajstić information content (AvgIpc) is 3.33. The summed E-state index contributed by atoms with van der Waals surface area (Å²) in [6.07, 6.45) is 73.6. The number of hydrogen-bond donors (Lipinski definition) is 0. The van der Waals surface area contributed by atoms with Crippen LogP contribution in [0.4, 0.5) is 0 Å². The summed E-state index contributed by atoms with van der Waals surface area (Å²) in [5.74, 6) is -0.966. The molecule has 0 aliphatic heterocycles. The van der Waals surface area contributed by atoms with Gasteiger partial charge in [0.2, 0.25) is 0 Å². The molecule has 0 amide bonds. The first-order valence-electron chi connectivity index (χ1n) is 27.4. The Morgan fingerprint density at radius 2 is 0.582 bits per heavy atom. The molecule has 6 nitrogen and oxygen atoms in total. The normalized spacial score (nSPS) is 12.9. The Morgan fingerprint density at radius 3 is 0.940 bits per heavy atom. The molecule has 1 atom stereocenters. The van der Waals surface area contributed by atoms with Crippen molar-refractivity contribution < 1.29 is 28.6 Å². The van der Waals surface area contributed by atoms with Gasteiger partial charge in [-0.15, -0.1) is 0 Å². The molecule has 67 heavy (non-hydrogen) atoms. The maximum absolute atomic E-state index is 12.8. The molecule has 0 aromatic rings. The number of esters is 3. The van der Waals surface area contributed by atoms with Crippen LogP contribution >= 0.6 is 0 Å². The maximum atomic E-state index is 12.8. The van der Waals surface area contributed by atoms with Crippen molar-refractivity contribution in [3.8, 4) is 0 Å². The van der Waals surface area contributed by atoms with E-state index in [2.05, 4.69) is 130 Å². The van der Waals surface area contributed by atoms with Crippen LogP contribution in [0, 0.1) is 0 Å². The zero-order valence-corrected chi connectivity index (χ0v) is 43.4. The number of carbonyl (C=O) groups is 3. The quantitative estimate of drug-likeness (QED) is 0.0262. The minimum Gasteiger partial charge on any atom is -0.462 e. The fourth-order valence-electron chi connectivity index (χ4n) is 7.18. The summed E-state index contributed by atoms with van der Waals surface area (Å²) in [5, 5.41) is 0. The lowest BCUT2D eigenvalue weighted by molar-refractivity contribution is -0.167. The number of ether oxygens (including phenoxy) is 3. The van der Waals surface area contributed by atoms with E-state index in [4.69, 9.17) is 14.2 Å². The largest absolute Gasteiger partial charge is 0.462 e. The van der Waals surface area contributed by atoms with Crippen molar-refractivity contribution in [3.05, 3.63) is 109 Å². The second kappa shape index (κ2) is 54.7. The smallest absolute Gasteiger partial charge is 0.306 e. The highest BCUT2D eigenvalue weighted by Gasteiger charge is 2.19. The molecule has 0 aliphatic carbocycles. The van der Waals surface area contributed by atoms with Crippen LogP contribution in [0.1, 0.15) is 239 Å². The van der Waals surface area contributed by atoms with E-state index in [1.807, 2.05) is 0 Å². The van der Waals surface area contributed by atoms with Crippen LogP contribution in [0.3, 0.4) is 0 Å². The van der Waals surface area contributed by atoms with Gasteiger partial charge in [-0.2, -0.15) is 0 Å². The van der Waals surface area contributed by atoms with Gasteiger partial charge in [0.05, 0.1) is 0 Å². The Kier molecular flexibility index (Phi) is 51.5. The highest BCUT2D eigenvalue weighted by Crippen LogP contribution is 2.13. The number of unbranched alkanes of at least 4 members (excludes halogenated alkanes) is 19. The molecule has 0 saturated heterocycles. The van der Waals surface area contributed by atoms with Crippen molar-refractivity contribution >= 4 is 17.9 Å². The molecule has 1 unspecified atom stereocenters. The van der Waals surface area contributed by atoms with Crippen molar-refractivity contribution in [3.63, 3.8) is 0 Å². The zero-order valence-electron chi connectivity index (χ0n) is 43.4. The van der Waals surface area contributed by atoms with Gasteiger partial charge >= 0.3 is 17.9 Å². The van der Waals surface area contributed by atoms with E-state index in [1.165, 1.54) is 57.8 Å². The van der Waals surface area contributed by atoms with E-state index in [0.29, 0.717) is 19.3 Å². The van der Waals surface area contributed by atoms with Crippen LogP contribution < -0.4 is 0 Å². The van der Waals surface area contributed by atoms with E-state index < -0.39 is 6.10 Å². The summed E-state index contributed by atoms with van der Waals surface area (Å²) in [7, 11) is 0. The fraction of sp³-hybridized carbons (Fsp3) is 0.656. The summed E-state index contributed by atoms with van der Waals surface area (Å²) in [4.78, 5) is 38.1. The van der Waals surface area contributed by atoms with Crippen LogP contribution in [-0.2, 0) is 28.6 Å². The van der Waals surface area contributed by atoms with Gasteiger partial charge in [-0.3, -0.25) is 14.4 Å². The molecule has 0 aromatic heterocycles. The molecule has 0 fully saturated rings. The standard InChI is InChI=1S/C61H100O6/c1-4-7-10-13-16-19-22-25-28-30-31-32-34-36-39-42-45-48-51-54-60(63)66-57-58(56-65-59(62)53-50-47-44-41-38-35-27-24-21-18-15-12-9-6-3)67-61(64)55-52-49-46-43-40-37-33-29-26-23-20-17-14-11-8-5-2/h7-8,10-11,16-17,19-20,25-26,28-29,31-32,35-36,38-39,58H,4-6,9,12-15,18,21-24,27,30,33-34,37,40-57H2,1-3H3/b10-7-,11-8-,19-16-,20-17-,28-25-,29-26-,32-31-,38-35-,39-36-. The van der Waals surface area contributed by atoms with E-state index in [1.54, 1.807) is 0 Å². The van der Waals surface area contributed by atoms with Gasteiger partial charge in [-0.1, -0.05) is 207 Å². The summed E-state index contributed by atoms with van der Waals surface area (Å²) in [5.41, 5.74) is 0. The first-order valence-corrected chi connectivity index (χ1v) is 27.4. The van der Waals surface area contributed by atoms with E-state index in [0.717, 1.165) is 141 Å². The van der Waals surface area contributed by atoms with Gasteiger partial charge in [-0.05, 0) is 122 Å². The molecule has 6 heteroatoms. The van der Waals surface area contributed by atoms with Crippen LogP contribution in [0.25, 0.3) is 0 Å². The third kappa shape index (κ3) is 52.9. The van der Waals surface area contributed by atoms with Gasteiger partial charge in [0.15, 0.2) is 6.10 Å². The molecule has 0 saturated carbocycles. The van der Waals surface area contributed by atoms with Crippen LogP contribution in [0.15, 0.2) is 109 Å². The number of carbonyl (C=O) groups excluding carboxylic acids is 3. The van der Waals surface area contributed by atoms with Gasteiger partial charge in [-0.25, -0.2) is 0 Å². The average molecular weight is 929 g/mol. The van der Waals surface area contributed by atoms with Crippen molar-refractivity contribution in [2.75, 3.05) is 13.2 Å². The topological polar surface area (TPSA) is 78.9 Å². The van der Waals surface area contributed by atoms with Gasteiger partial charge in [0.1, 0.15) is 13.2 Å². The minimum atomic E-state index is -0.807. The lowest BCUT2D eigenvalue weighted by atomic mass is 10.1.